The first-order chi connectivity index (χ1) is 24.5. The number of rotatable bonds is 19. The van der Waals surface area contributed by atoms with Gasteiger partial charge in [0, 0.05) is 60.6 Å². The number of benzene rings is 2. The number of ketones is 1. The van der Waals surface area contributed by atoms with Crippen molar-refractivity contribution in [2.75, 3.05) is 71.9 Å². The molecule has 0 spiro atoms. The molecule has 1 atom stereocenters. The van der Waals surface area contributed by atoms with Gasteiger partial charge in [-0.05, 0) is 62.8 Å². The van der Waals surface area contributed by atoms with Crippen LogP contribution in [-0.2, 0) is 27.9 Å². The second-order valence-electron chi connectivity index (χ2n) is 12.8. The van der Waals surface area contributed by atoms with E-state index in [4.69, 9.17) is 18.9 Å². The van der Waals surface area contributed by atoms with Gasteiger partial charge < -0.3 is 39.0 Å². The van der Waals surface area contributed by atoms with Crippen LogP contribution in [0.1, 0.15) is 48.2 Å². The Labute approximate surface area is 300 Å². The first-order valence-corrected chi connectivity index (χ1v) is 17.2. The van der Waals surface area contributed by atoms with E-state index in [0.29, 0.717) is 61.0 Å². The molecule has 1 amide bonds. The number of amides is 1. The Hall–Kier alpha value is -4.78. The largest absolute Gasteiger partial charge is 0.496 e. The Bertz CT molecular complexity index is 1860. The summed E-state index contributed by atoms with van der Waals surface area (Å²) in [6, 6.07) is 11.4. The van der Waals surface area contributed by atoms with Gasteiger partial charge in [-0.15, -0.1) is 0 Å². The molecule has 0 aliphatic heterocycles. The molecule has 274 valence electrons. The molecule has 4 aromatic rings. The van der Waals surface area contributed by atoms with E-state index in [9.17, 15) is 14.4 Å². The van der Waals surface area contributed by atoms with Crippen molar-refractivity contribution in [2.45, 2.75) is 40.2 Å². The number of aryl methyl sites for hydroxylation is 2. The van der Waals surface area contributed by atoms with Crippen molar-refractivity contribution in [3.05, 3.63) is 75.8 Å². The number of pyridine rings is 2. The number of methoxy groups -OCH3 is 2. The standard InChI is InChI=1S/C39H51N5O7/c1-9-25(2)38(46)37-26(3)11-10-12-32(37)40-14-16-51-18-17-50-15-13-36(45)42-35-21-28-29(22-41-35)39(47)44(6)24-30(28)27-19-33(48-7)31(23-43(4)5)34(20-27)49-8/h10-12,19-22,24-25,40H,9,13-18,23H2,1-8H3,(H,41,42,45). The maximum Gasteiger partial charge on any atom is 0.259 e. The summed E-state index contributed by atoms with van der Waals surface area (Å²) in [5.74, 6) is 1.49. The van der Waals surface area contributed by atoms with E-state index < -0.39 is 0 Å². The average Bonchev–Trinajstić information content (AvgIpc) is 3.11. The molecule has 0 aliphatic rings. The topological polar surface area (TPSA) is 133 Å². The molecule has 0 fully saturated rings. The second-order valence-corrected chi connectivity index (χ2v) is 12.8. The fourth-order valence-electron chi connectivity index (χ4n) is 5.79. The van der Waals surface area contributed by atoms with Crippen LogP contribution in [0.4, 0.5) is 11.5 Å². The summed E-state index contributed by atoms with van der Waals surface area (Å²) in [4.78, 5) is 45.1. The van der Waals surface area contributed by atoms with Gasteiger partial charge in [0.15, 0.2) is 5.78 Å². The molecule has 0 aliphatic carbocycles. The smallest absolute Gasteiger partial charge is 0.259 e. The Balaban J connectivity index is 1.31. The number of hydrogen-bond acceptors (Lipinski definition) is 10. The zero-order valence-corrected chi connectivity index (χ0v) is 31.1. The number of nitrogens with one attached hydrogen (secondary N) is 2. The monoisotopic (exact) mass is 701 g/mol. The summed E-state index contributed by atoms with van der Waals surface area (Å²) in [5.41, 5.74) is 4.77. The van der Waals surface area contributed by atoms with Gasteiger partial charge in [0.05, 0.1) is 58.0 Å². The average molecular weight is 702 g/mol. The van der Waals surface area contributed by atoms with Crippen molar-refractivity contribution < 1.29 is 28.5 Å². The van der Waals surface area contributed by atoms with E-state index in [1.165, 1.54) is 10.8 Å². The van der Waals surface area contributed by atoms with Crippen LogP contribution in [0.25, 0.3) is 21.9 Å². The van der Waals surface area contributed by atoms with Crippen LogP contribution in [0, 0.1) is 12.8 Å². The Morgan fingerprint density at radius 1 is 0.980 bits per heavy atom. The van der Waals surface area contributed by atoms with Gasteiger partial charge in [-0.3, -0.25) is 14.4 Å². The zero-order valence-electron chi connectivity index (χ0n) is 31.1. The molecule has 4 rings (SSSR count). The number of carbonyl (C=O) groups is 2. The summed E-state index contributed by atoms with van der Waals surface area (Å²) < 4.78 is 24.3. The van der Waals surface area contributed by atoms with Crippen molar-refractivity contribution in [1.29, 1.82) is 0 Å². The molecule has 12 nitrogen and oxygen atoms in total. The predicted octanol–water partition coefficient (Wildman–Crippen LogP) is 5.69. The van der Waals surface area contributed by atoms with Crippen LogP contribution in [0.2, 0.25) is 0 Å². The maximum atomic E-state index is 13.0. The Morgan fingerprint density at radius 3 is 2.31 bits per heavy atom. The van der Waals surface area contributed by atoms with Gasteiger partial charge in [0.1, 0.15) is 17.3 Å². The zero-order chi connectivity index (χ0) is 37.1. The van der Waals surface area contributed by atoms with Crippen LogP contribution < -0.4 is 25.7 Å². The molecule has 0 radical (unpaired) electrons. The number of hydrogen-bond donors (Lipinski definition) is 2. The van der Waals surface area contributed by atoms with Crippen molar-refractivity contribution >= 4 is 34.0 Å². The van der Waals surface area contributed by atoms with E-state index in [1.54, 1.807) is 33.5 Å². The number of Topliss-reactive ketones (excluding diaryl/α,β-unsaturated/α-hetero) is 1. The van der Waals surface area contributed by atoms with E-state index in [-0.39, 0.29) is 36.2 Å². The highest BCUT2D eigenvalue weighted by Crippen LogP contribution is 2.38. The van der Waals surface area contributed by atoms with Crippen molar-refractivity contribution in [3.63, 3.8) is 0 Å². The minimum Gasteiger partial charge on any atom is -0.496 e. The maximum absolute atomic E-state index is 13.0. The van der Waals surface area contributed by atoms with Gasteiger partial charge in [-0.25, -0.2) is 4.98 Å². The molecule has 0 saturated heterocycles. The molecule has 2 heterocycles. The lowest BCUT2D eigenvalue weighted by atomic mass is 9.92. The van der Waals surface area contributed by atoms with Gasteiger partial charge in [-0.1, -0.05) is 26.0 Å². The van der Waals surface area contributed by atoms with Gasteiger partial charge in [-0.2, -0.15) is 0 Å². The van der Waals surface area contributed by atoms with E-state index in [1.807, 2.05) is 70.1 Å². The normalized spacial score (nSPS) is 11.9. The molecule has 0 saturated carbocycles. The van der Waals surface area contributed by atoms with Crippen LogP contribution in [0.15, 0.2) is 53.6 Å². The molecule has 2 N–H and O–H groups in total. The fraction of sp³-hybridized carbons (Fsp3) is 0.436. The van der Waals surface area contributed by atoms with Crippen molar-refractivity contribution in [2.24, 2.45) is 13.0 Å². The Kier molecular flexibility index (Phi) is 14.1. The summed E-state index contributed by atoms with van der Waals surface area (Å²) in [5, 5.41) is 7.20. The third-order valence-electron chi connectivity index (χ3n) is 8.71. The third-order valence-corrected chi connectivity index (χ3v) is 8.71. The van der Waals surface area contributed by atoms with Crippen LogP contribution >= 0.6 is 0 Å². The first-order valence-electron chi connectivity index (χ1n) is 17.2. The van der Waals surface area contributed by atoms with Crippen molar-refractivity contribution in [1.82, 2.24) is 14.5 Å². The fourth-order valence-corrected chi connectivity index (χ4v) is 5.79. The lowest BCUT2D eigenvalue weighted by molar-refractivity contribution is -0.117. The number of aromatic nitrogens is 2. The lowest BCUT2D eigenvalue weighted by Gasteiger charge is -2.19. The summed E-state index contributed by atoms with van der Waals surface area (Å²) >= 11 is 0. The molecule has 12 heteroatoms. The summed E-state index contributed by atoms with van der Waals surface area (Å²) in [6.07, 6.45) is 4.15. The van der Waals surface area contributed by atoms with Gasteiger partial charge in [0.2, 0.25) is 5.91 Å². The minimum absolute atomic E-state index is 0.0359. The van der Waals surface area contributed by atoms with Crippen LogP contribution in [0.3, 0.4) is 0 Å². The molecule has 2 aromatic heterocycles. The SMILES string of the molecule is CCC(C)C(=O)c1c(C)cccc1NCCOCCOCCC(=O)Nc1cc2c(-c3cc(OC)c(CN(C)C)c(OC)c3)cn(C)c(=O)c2cn1. The first kappa shape index (κ1) is 39.0. The minimum atomic E-state index is -0.269. The molecule has 2 aromatic carbocycles. The van der Waals surface area contributed by atoms with Gasteiger partial charge >= 0.3 is 0 Å². The summed E-state index contributed by atoms with van der Waals surface area (Å²) in [6.45, 7) is 8.42. The highest BCUT2D eigenvalue weighted by Gasteiger charge is 2.20. The lowest BCUT2D eigenvalue weighted by Crippen LogP contribution is -2.19. The van der Waals surface area contributed by atoms with Crippen LogP contribution in [0.5, 0.6) is 11.5 Å². The third kappa shape index (κ3) is 9.93. The van der Waals surface area contributed by atoms with Crippen LogP contribution in [-0.4, -0.2) is 87.4 Å². The van der Waals surface area contributed by atoms with E-state index in [0.717, 1.165) is 39.9 Å². The van der Waals surface area contributed by atoms with E-state index in [2.05, 4.69) is 15.6 Å². The number of anilines is 2. The molecular weight excluding hydrogens is 650 g/mol. The van der Waals surface area contributed by atoms with Gasteiger partial charge in [0.25, 0.3) is 5.56 Å². The second kappa shape index (κ2) is 18.5. The van der Waals surface area contributed by atoms with E-state index >= 15 is 0 Å². The summed E-state index contributed by atoms with van der Waals surface area (Å²) in [7, 11) is 8.87. The number of ether oxygens (including phenoxy) is 4. The molecule has 0 bridgehead atoms. The predicted molar refractivity (Wildman–Crippen MR) is 201 cm³/mol. The van der Waals surface area contributed by atoms with Crippen molar-refractivity contribution in [3.8, 4) is 22.6 Å². The highest BCUT2D eigenvalue weighted by atomic mass is 16.5. The number of nitrogens with zero attached hydrogens (tertiary/aromatic N) is 3. The molecular formula is C39H51N5O7. The highest BCUT2D eigenvalue weighted by molar-refractivity contribution is 6.04. The molecule has 51 heavy (non-hydrogen) atoms. The Morgan fingerprint density at radius 2 is 1.67 bits per heavy atom. The number of fused-ring (bicyclic) bond motifs is 1. The number of carbonyl (C=O) groups excluding carboxylic acids is 2. The molecule has 1 unspecified atom stereocenters. The quantitative estimate of drug-likeness (QED) is 0.0928.